The lowest BCUT2D eigenvalue weighted by molar-refractivity contribution is -0.384. The zero-order valence-corrected chi connectivity index (χ0v) is 17.5. The molecule has 1 aliphatic heterocycles. The average molecular weight is 414 g/mol. The molecule has 160 valence electrons. The van der Waals surface area contributed by atoms with E-state index < -0.39 is 10.9 Å². The van der Waals surface area contributed by atoms with Gasteiger partial charge in [0.05, 0.1) is 24.7 Å². The maximum Gasteiger partial charge on any atom is 0.338 e. The number of hydrogen-bond donors (Lipinski definition) is 0. The van der Waals surface area contributed by atoms with E-state index in [0.717, 1.165) is 43.5 Å². The van der Waals surface area contributed by atoms with Gasteiger partial charge in [-0.2, -0.15) is 0 Å². The Morgan fingerprint density at radius 1 is 1.07 bits per heavy atom. The Morgan fingerprint density at radius 2 is 1.73 bits per heavy atom. The highest BCUT2D eigenvalue weighted by Gasteiger charge is 2.23. The minimum Gasteiger partial charge on any atom is -0.493 e. The number of piperidine rings is 1. The molecule has 8 heteroatoms. The van der Waals surface area contributed by atoms with Crippen LogP contribution in [0.5, 0.6) is 11.5 Å². The van der Waals surface area contributed by atoms with Gasteiger partial charge in [-0.1, -0.05) is 0 Å². The van der Waals surface area contributed by atoms with Crippen LogP contribution in [0.3, 0.4) is 0 Å². The average Bonchev–Trinajstić information content (AvgIpc) is 2.77. The molecule has 0 radical (unpaired) electrons. The number of hydrogen-bond acceptors (Lipinski definition) is 7. The fourth-order valence-corrected chi connectivity index (χ4v) is 3.60. The summed E-state index contributed by atoms with van der Waals surface area (Å²) in [6.45, 7) is 3.46. The van der Waals surface area contributed by atoms with Crippen molar-refractivity contribution in [3.05, 3.63) is 57.1 Å². The summed E-state index contributed by atoms with van der Waals surface area (Å²) in [6, 6.07) is 8.08. The largest absolute Gasteiger partial charge is 0.493 e. The molecule has 0 N–H and O–H groups in total. The van der Waals surface area contributed by atoms with Crippen LogP contribution in [-0.2, 0) is 11.3 Å². The van der Waals surface area contributed by atoms with Crippen molar-refractivity contribution >= 4 is 17.3 Å². The second-order valence-electron chi connectivity index (χ2n) is 7.22. The number of ether oxygens (including phenoxy) is 3. The molecule has 0 spiro atoms. The molecular weight excluding hydrogens is 388 g/mol. The van der Waals surface area contributed by atoms with E-state index in [-0.39, 0.29) is 17.9 Å². The molecule has 8 nitrogen and oxygen atoms in total. The van der Waals surface area contributed by atoms with Crippen molar-refractivity contribution in [2.24, 2.45) is 0 Å². The van der Waals surface area contributed by atoms with Crippen molar-refractivity contribution in [2.45, 2.75) is 32.8 Å². The fraction of sp³-hybridized carbons (Fsp3) is 0.409. The van der Waals surface area contributed by atoms with Crippen molar-refractivity contribution < 1.29 is 23.9 Å². The van der Waals surface area contributed by atoms with Crippen LogP contribution in [-0.4, -0.2) is 38.2 Å². The van der Waals surface area contributed by atoms with Crippen molar-refractivity contribution in [3.63, 3.8) is 0 Å². The van der Waals surface area contributed by atoms with Gasteiger partial charge >= 0.3 is 5.97 Å². The molecule has 0 atom stereocenters. The van der Waals surface area contributed by atoms with Crippen LogP contribution in [0.2, 0.25) is 0 Å². The van der Waals surface area contributed by atoms with Crippen molar-refractivity contribution in [1.82, 2.24) is 0 Å². The predicted molar refractivity (Wildman–Crippen MR) is 113 cm³/mol. The standard InChI is InChI=1S/C22H26N2O6/c1-15-11-20(28-2)21(29-3)13-17(15)14-30-22(25)16-7-8-18(19(12-16)24(26)27)23-9-5-4-6-10-23/h7-8,11-13H,4-6,9-10,14H2,1-3H3. The highest BCUT2D eigenvalue weighted by atomic mass is 16.6. The number of nitrogens with zero attached hydrogens (tertiary/aromatic N) is 2. The van der Waals surface area contributed by atoms with Gasteiger partial charge in [0.15, 0.2) is 11.5 Å². The third-order valence-electron chi connectivity index (χ3n) is 5.31. The number of esters is 1. The molecule has 1 aliphatic rings. The van der Waals surface area contributed by atoms with E-state index in [9.17, 15) is 14.9 Å². The lowest BCUT2D eigenvalue weighted by Gasteiger charge is -2.28. The number of anilines is 1. The number of aryl methyl sites for hydroxylation is 1. The lowest BCUT2D eigenvalue weighted by Crippen LogP contribution is -2.30. The summed E-state index contributed by atoms with van der Waals surface area (Å²) >= 11 is 0. The maximum absolute atomic E-state index is 12.6. The first-order valence-corrected chi connectivity index (χ1v) is 9.86. The van der Waals surface area contributed by atoms with Crippen LogP contribution in [0.15, 0.2) is 30.3 Å². The Hall–Kier alpha value is -3.29. The first kappa shape index (κ1) is 21.4. The summed E-state index contributed by atoms with van der Waals surface area (Å²) in [7, 11) is 3.09. The molecule has 0 aliphatic carbocycles. The number of carbonyl (C=O) groups excluding carboxylic acids is 1. The highest BCUT2D eigenvalue weighted by molar-refractivity contribution is 5.91. The molecule has 30 heavy (non-hydrogen) atoms. The first-order chi connectivity index (χ1) is 14.4. The van der Waals surface area contributed by atoms with E-state index in [2.05, 4.69) is 0 Å². The summed E-state index contributed by atoms with van der Waals surface area (Å²) in [5.74, 6) is 0.516. The summed E-state index contributed by atoms with van der Waals surface area (Å²) in [5, 5.41) is 11.6. The van der Waals surface area contributed by atoms with E-state index >= 15 is 0 Å². The second kappa shape index (κ2) is 9.47. The third kappa shape index (κ3) is 4.64. The van der Waals surface area contributed by atoms with Gasteiger partial charge < -0.3 is 19.1 Å². The number of carbonyl (C=O) groups is 1. The zero-order valence-electron chi connectivity index (χ0n) is 17.5. The van der Waals surface area contributed by atoms with E-state index in [4.69, 9.17) is 14.2 Å². The molecular formula is C22H26N2O6. The van der Waals surface area contributed by atoms with Crippen LogP contribution >= 0.6 is 0 Å². The van der Waals surface area contributed by atoms with E-state index in [0.29, 0.717) is 17.2 Å². The van der Waals surface area contributed by atoms with Crippen molar-refractivity contribution in [1.29, 1.82) is 0 Å². The Balaban J connectivity index is 1.77. The number of nitro benzene ring substituents is 1. The number of rotatable bonds is 7. The molecule has 1 saturated heterocycles. The summed E-state index contributed by atoms with van der Waals surface area (Å²) < 4.78 is 16.0. The first-order valence-electron chi connectivity index (χ1n) is 9.86. The molecule has 2 aromatic rings. The molecule has 1 heterocycles. The van der Waals surface area contributed by atoms with Gasteiger partial charge in [-0.05, 0) is 61.6 Å². The van der Waals surface area contributed by atoms with Gasteiger partial charge in [-0.15, -0.1) is 0 Å². The molecule has 2 aromatic carbocycles. The van der Waals surface area contributed by atoms with Gasteiger partial charge in [0.2, 0.25) is 0 Å². The summed E-state index contributed by atoms with van der Waals surface area (Å²) in [6.07, 6.45) is 3.14. The molecule has 1 fully saturated rings. The number of benzene rings is 2. The van der Waals surface area contributed by atoms with E-state index in [1.54, 1.807) is 31.4 Å². The minimum absolute atomic E-state index is 0.0205. The van der Waals surface area contributed by atoms with Crippen molar-refractivity contribution in [2.75, 3.05) is 32.2 Å². The van der Waals surface area contributed by atoms with Crippen LogP contribution in [0, 0.1) is 17.0 Å². The Labute approximate surface area is 175 Å². The summed E-state index contributed by atoms with van der Waals surface area (Å²) in [4.78, 5) is 25.7. The second-order valence-corrected chi connectivity index (χ2v) is 7.22. The monoisotopic (exact) mass is 414 g/mol. The molecule has 0 unspecified atom stereocenters. The quantitative estimate of drug-likeness (QED) is 0.380. The van der Waals surface area contributed by atoms with Gasteiger partial charge in [0.25, 0.3) is 5.69 Å². The SMILES string of the molecule is COc1cc(C)c(COC(=O)c2ccc(N3CCCCC3)c([N+](=O)[O-])c2)cc1OC. The van der Waals surface area contributed by atoms with Crippen molar-refractivity contribution in [3.8, 4) is 11.5 Å². The van der Waals surface area contributed by atoms with Gasteiger partial charge in [0.1, 0.15) is 12.3 Å². The Bertz CT molecular complexity index is 937. The Kier molecular flexibility index (Phi) is 6.76. The van der Waals surface area contributed by atoms with Crippen LogP contribution < -0.4 is 14.4 Å². The zero-order chi connectivity index (χ0) is 21.7. The molecule has 3 rings (SSSR count). The summed E-state index contributed by atoms with van der Waals surface area (Å²) in [5.41, 5.74) is 2.27. The van der Waals surface area contributed by atoms with Gasteiger partial charge in [0, 0.05) is 19.2 Å². The molecule has 0 aromatic heterocycles. The number of methoxy groups -OCH3 is 2. The van der Waals surface area contributed by atoms with Crippen LogP contribution in [0.4, 0.5) is 11.4 Å². The van der Waals surface area contributed by atoms with E-state index in [1.165, 1.54) is 13.2 Å². The highest BCUT2D eigenvalue weighted by Crippen LogP contribution is 2.33. The number of nitro groups is 1. The third-order valence-corrected chi connectivity index (χ3v) is 5.31. The van der Waals surface area contributed by atoms with Gasteiger partial charge in [-0.25, -0.2) is 4.79 Å². The normalized spacial score (nSPS) is 13.6. The lowest BCUT2D eigenvalue weighted by atomic mass is 10.1. The molecule has 0 amide bonds. The van der Waals surface area contributed by atoms with Crippen LogP contribution in [0.1, 0.15) is 40.7 Å². The predicted octanol–water partition coefficient (Wildman–Crippen LogP) is 4.27. The smallest absolute Gasteiger partial charge is 0.338 e. The fourth-order valence-electron chi connectivity index (χ4n) is 3.60. The molecule has 0 bridgehead atoms. The van der Waals surface area contributed by atoms with E-state index in [1.807, 2.05) is 11.8 Å². The van der Waals surface area contributed by atoms with Gasteiger partial charge in [-0.3, -0.25) is 10.1 Å². The maximum atomic E-state index is 12.6. The Morgan fingerprint density at radius 3 is 2.37 bits per heavy atom. The molecule has 0 saturated carbocycles. The minimum atomic E-state index is -0.613. The topological polar surface area (TPSA) is 91.1 Å². The van der Waals surface area contributed by atoms with Crippen LogP contribution in [0.25, 0.3) is 0 Å².